The summed E-state index contributed by atoms with van der Waals surface area (Å²) in [5, 5.41) is 15.8. The first kappa shape index (κ1) is 41.0. The minimum atomic E-state index is -1.39. The highest BCUT2D eigenvalue weighted by Crippen LogP contribution is 2.60. The van der Waals surface area contributed by atoms with Gasteiger partial charge in [-0.25, -0.2) is 4.79 Å². The highest BCUT2D eigenvalue weighted by molar-refractivity contribution is 8.00. The molecule has 11 atom stereocenters. The monoisotopic (exact) mass is 849 g/mol. The van der Waals surface area contributed by atoms with Crippen molar-refractivity contribution >= 4 is 35.6 Å². The Bertz CT molecular complexity index is 2200. The smallest absolute Gasteiger partial charge is 0.331 e. The lowest BCUT2D eigenvalue weighted by molar-refractivity contribution is -0.224. The molecule has 0 amide bonds. The number of thioether (sulfide) groups is 1. The molecule has 4 bridgehead atoms. The molecule has 1 aliphatic carbocycles. The molecule has 2 N–H and O–H groups in total. The van der Waals surface area contributed by atoms with Crippen molar-refractivity contribution in [3.8, 4) is 23.0 Å². The Hall–Kier alpha value is -4.39. The standard InChI is InChI=1S/C43H51N3O13S/c1-18-11-24-12-26-41(50)46-27-15-54-42(51)43(25-14-28(52-7)29(57-20(3)47)13-23(25)9-10-44-43)16-60-40(32-31(27)38-37(55-17-56-38)19(2)36(32)58-21(4)48)34(46)33(45(26)6)30(24)39(35(18)53-8)59-22(5)49/h11,13-14,26-27,31-34,36,38,40-41,44,50H,9-10,12,15-17H2,1-8H3/t26-,27+,31?,32?,33-,34?,36?,38?,40-,41+,43-/m1/s1. The average Bonchev–Trinajstić information content (AvgIpc) is 3.69. The lowest BCUT2D eigenvalue weighted by Crippen LogP contribution is -2.78. The van der Waals surface area contributed by atoms with E-state index in [1.54, 1.807) is 19.2 Å². The Balaban J connectivity index is 1.27. The van der Waals surface area contributed by atoms with Gasteiger partial charge in [0.15, 0.2) is 35.3 Å². The van der Waals surface area contributed by atoms with Crippen LogP contribution in [0.2, 0.25) is 0 Å². The van der Waals surface area contributed by atoms with Gasteiger partial charge in [0.05, 0.1) is 32.3 Å². The third kappa shape index (κ3) is 6.13. The number of esters is 4. The summed E-state index contributed by atoms with van der Waals surface area (Å²) in [6.07, 6.45) is -1.38. The fourth-order valence-electron chi connectivity index (χ4n) is 11.5. The lowest BCUT2D eigenvalue weighted by atomic mass is 9.62. The van der Waals surface area contributed by atoms with E-state index in [-0.39, 0.29) is 30.7 Å². The Morgan fingerprint density at radius 3 is 2.40 bits per heavy atom. The number of carbonyl (C=O) groups excluding carboxylic acids is 4. The van der Waals surface area contributed by atoms with E-state index < -0.39 is 89.1 Å². The molecule has 0 saturated carbocycles. The molecule has 10 rings (SSSR count). The molecular weight excluding hydrogens is 799 g/mol. The van der Waals surface area contributed by atoms with E-state index in [4.69, 9.17) is 37.9 Å². The van der Waals surface area contributed by atoms with E-state index in [0.717, 1.165) is 27.8 Å². The van der Waals surface area contributed by atoms with Crippen LogP contribution in [0.5, 0.6) is 23.0 Å². The minimum absolute atomic E-state index is 0.00309. The molecule has 5 fully saturated rings. The van der Waals surface area contributed by atoms with Gasteiger partial charge in [0.2, 0.25) is 0 Å². The number of fused-ring (bicyclic) bond motifs is 9. The number of nitrogens with one attached hydrogen (secondary N) is 1. The van der Waals surface area contributed by atoms with Crippen LogP contribution >= 0.6 is 11.8 Å². The summed E-state index contributed by atoms with van der Waals surface area (Å²) in [7, 11) is 5.00. The summed E-state index contributed by atoms with van der Waals surface area (Å²) in [6.45, 7) is 8.16. The van der Waals surface area contributed by atoms with Crippen LogP contribution in [0.3, 0.4) is 0 Å². The number of likely N-dealkylation sites (N-methyl/N-ethyl adjacent to an activating group) is 1. The number of ether oxygens (including phenoxy) is 8. The summed E-state index contributed by atoms with van der Waals surface area (Å²) >= 11 is 1.54. The Morgan fingerprint density at radius 1 is 0.933 bits per heavy atom. The van der Waals surface area contributed by atoms with Crippen LogP contribution in [0.15, 0.2) is 29.5 Å². The second-order valence-corrected chi connectivity index (χ2v) is 18.0. The largest absolute Gasteiger partial charge is 0.493 e. The number of hydrogen-bond acceptors (Lipinski definition) is 17. The predicted octanol–water partition coefficient (Wildman–Crippen LogP) is 2.67. The average molecular weight is 850 g/mol. The van der Waals surface area contributed by atoms with Gasteiger partial charge in [-0.2, -0.15) is 11.8 Å². The van der Waals surface area contributed by atoms with Crippen molar-refractivity contribution in [2.24, 2.45) is 11.8 Å². The third-order valence-corrected chi connectivity index (χ3v) is 15.2. The Labute approximate surface area is 352 Å². The van der Waals surface area contributed by atoms with Gasteiger partial charge in [0.1, 0.15) is 30.8 Å². The minimum Gasteiger partial charge on any atom is -0.493 e. The van der Waals surface area contributed by atoms with Crippen LogP contribution < -0.4 is 24.3 Å². The summed E-state index contributed by atoms with van der Waals surface area (Å²) in [6, 6.07) is 3.46. The van der Waals surface area contributed by atoms with Gasteiger partial charge in [-0.3, -0.25) is 29.5 Å². The number of piperazine rings is 1. The van der Waals surface area contributed by atoms with Crippen molar-refractivity contribution in [3.05, 3.63) is 57.3 Å². The summed E-state index contributed by atoms with van der Waals surface area (Å²) in [5.41, 5.74) is 3.28. The highest BCUT2D eigenvalue weighted by Gasteiger charge is 2.67. The molecule has 7 heterocycles. The number of aliphatic hydroxyl groups excluding tert-OH is 1. The van der Waals surface area contributed by atoms with Crippen molar-refractivity contribution in [2.75, 3.05) is 47.0 Å². The summed E-state index contributed by atoms with van der Waals surface area (Å²) < 4.78 is 48.6. The van der Waals surface area contributed by atoms with Crippen molar-refractivity contribution in [2.45, 2.75) is 101 Å². The Kier molecular flexibility index (Phi) is 10.4. The fourth-order valence-corrected chi connectivity index (χ4v) is 13.3. The summed E-state index contributed by atoms with van der Waals surface area (Å²) in [5.74, 6) is -0.831. The van der Waals surface area contributed by atoms with Crippen LogP contribution in [0.4, 0.5) is 0 Å². The zero-order valence-corrected chi connectivity index (χ0v) is 35.7. The maximum atomic E-state index is 15.0. The highest BCUT2D eigenvalue weighted by atomic mass is 32.2. The molecule has 7 aliphatic heterocycles. The predicted molar refractivity (Wildman–Crippen MR) is 213 cm³/mol. The van der Waals surface area contributed by atoms with Crippen LogP contribution in [-0.2, 0) is 56.5 Å². The molecule has 322 valence electrons. The number of piperidine rings is 1. The normalized spacial score (nSPS) is 34.2. The van der Waals surface area contributed by atoms with Crippen molar-refractivity contribution in [1.29, 1.82) is 0 Å². The molecule has 60 heavy (non-hydrogen) atoms. The zero-order valence-electron chi connectivity index (χ0n) is 34.9. The first-order valence-corrected chi connectivity index (χ1v) is 21.4. The number of nitrogens with zero attached hydrogens (tertiary/aromatic N) is 2. The zero-order chi connectivity index (χ0) is 42.5. The second-order valence-electron chi connectivity index (χ2n) is 16.8. The third-order valence-electron chi connectivity index (χ3n) is 13.7. The van der Waals surface area contributed by atoms with E-state index in [0.29, 0.717) is 42.2 Å². The molecule has 2 aromatic carbocycles. The number of benzene rings is 2. The van der Waals surface area contributed by atoms with Crippen LogP contribution in [0.1, 0.15) is 61.6 Å². The Morgan fingerprint density at radius 2 is 1.70 bits per heavy atom. The van der Waals surface area contributed by atoms with E-state index in [2.05, 4.69) is 15.1 Å². The SMILES string of the molecule is COc1cc2c(cc1OC(C)=O)CCN[C@]21CS[C@@H]2C3C(OC(C)=O)C(C)=C4OCOC4C3[C@H](COC1=O)N1C2[C@H]2c3c(cc(C)c(OC)c3OC(C)=O)C[C@H]([C@@H]1O)N2C. The molecule has 5 unspecified atom stereocenters. The van der Waals surface area contributed by atoms with Gasteiger partial charge in [0.25, 0.3) is 0 Å². The first-order chi connectivity index (χ1) is 28.7. The van der Waals surface area contributed by atoms with Crippen molar-refractivity contribution in [3.63, 3.8) is 0 Å². The van der Waals surface area contributed by atoms with Crippen LogP contribution in [-0.4, -0.2) is 128 Å². The fraction of sp³-hybridized carbons (Fsp3) is 0.581. The van der Waals surface area contributed by atoms with Crippen molar-refractivity contribution < 1.29 is 62.2 Å². The molecule has 1 spiro atoms. The van der Waals surface area contributed by atoms with Gasteiger partial charge in [0, 0.05) is 67.3 Å². The van der Waals surface area contributed by atoms with E-state index >= 15 is 0 Å². The number of rotatable bonds is 5. The van der Waals surface area contributed by atoms with Gasteiger partial charge in [-0.15, -0.1) is 0 Å². The molecule has 17 heteroatoms. The van der Waals surface area contributed by atoms with Gasteiger partial charge < -0.3 is 43.0 Å². The number of aryl methyl sites for hydroxylation is 1. The molecule has 5 saturated heterocycles. The number of carbonyl (C=O) groups is 4. The summed E-state index contributed by atoms with van der Waals surface area (Å²) in [4.78, 5) is 57.3. The van der Waals surface area contributed by atoms with E-state index in [9.17, 15) is 24.3 Å². The maximum Gasteiger partial charge on any atom is 0.331 e. The number of hydrogen-bond donors (Lipinski definition) is 2. The van der Waals surface area contributed by atoms with Crippen LogP contribution in [0, 0.1) is 18.8 Å². The lowest BCUT2D eigenvalue weighted by Gasteiger charge is -2.66. The van der Waals surface area contributed by atoms with E-state index in [1.165, 1.54) is 39.6 Å². The first-order valence-electron chi connectivity index (χ1n) is 20.3. The topological polar surface area (TPSA) is 181 Å². The van der Waals surface area contributed by atoms with Crippen molar-refractivity contribution in [1.82, 2.24) is 15.1 Å². The van der Waals surface area contributed by atoms with Gasteiger partial charge in [-0.05, 0) is 68.1 Å². The molecular formula is C43H51N3O13S. The molecule has 16 nitrogen and oxygen atoms in total. The van der Waals surface area contributed by atoms with E-state index in [1.807, 2.05) is 27.0 Å². The van der Waals surface area contributed by atoms with Gasteiger partial charge in [-0.1, -0.05) is 6.07 Å². The molecule has 8 aliphatic rings. The molecule has 0 radical (unpaired) electrons. The molecule has 2 aromatic rings. The van der Waals surface area contributed by atoms with Gasteiger partial charge >= 0.3 is 23.9 Å². The number of aliphatic hydroxyl groups is 1. The molecule has 0 aromatic heterocycles. The maximum absolute atomic E-state index is 15.0. The van der Waals surface area contributed by atoms with Crippen LogP contribution in [0.25, 0.3) is 0 Å². The number of methoxy groups -OCH3 is 2. The second kappa shape index (κ2) is 15.2. The quantitative estimate of drug-likeness (QED) is 0.331.